The van der Waals surface area contributed by atoms with Crippen LogP contribution in [0.2, 0.25) is 5.02 Å². The zero-order chi connectivity index (χ0) is 17.7. The first-order valence-electron chi connectivity index (χ1n) is 8.64. The van der Waals surface area contributed by atoms with Crippen molar-refractivity contribution < 1.29 is 4.39 Å². The van der Waals surface area contributed by atoms with Crippen molar-refractivity contribution in [2.24, 2.45) is 4.99 Å². The maximum atomic E-state index is 14.4. The van der Waals surface area contributed by atoms with Gasteiger partial charge in [-0.3, -0.25) is 9.89 Å². The zero-order valence-electron chi connectivity index (χ0n) is 13.9. The number of hydrogen-bond acceptors (Lipinski definition) is 2. The number of aliphatic imine (C=N–C) groups is 1. The summed E-state index contributed by atoms with van der Waals surface area (Å²) in [4.78, 5) is 7.16. The summed E-state index contributed by atoms with van der Waals surface area (Å²) < 4.78 is 14.4. The highest BCUT2D eigenvalue weighted by atomic mass is 35.5. The molecular weight excluding hydrogens is 347 g/mol. The van der Waals surface area contributed by atoms with Crippen LogP contribution in [-0.2, 0) is 0 Å². The lowest BCUT2D eigenvalue weighted by atomic mass is 10.0. The number of halogens is 2. The smallest absolute Gasteiger partial charge is 0.132 e. The Morgan fingerprint density at radius 2 is 1.50 bits per heavy atom. The molecular formula is C22H16ClFN2. The van der Waals surface area contributed by atoms with E-state index in [2.05, 4.69) is 17.0 Å². The first-order chi connectivity index (χ1) is 12.7. The van der Waals surface area contributed by atoms with Gasteiger partial charge in [0.1, 0.15) is 12.0 Å². The molecule has 26 heavy (non-hydrogen) atoms. The maximum Gasteiger partial charge on any atom is 0.132 e. The molecule has 2 heterocycles. The second-order valence-electron chi connectivity index (χ2n) is 6.66. The monoisotopic (exact) mass is 362 g/mol. The van der Waals surface area contributed by atoms with Crippen molar-refractivity contribution in [3.8, 4) is 0 Å². The van der Waals surface area contributed by atoms with Gasteiger partial charge in [-0.2, -0.15) is 0 Å². The fourth-order valence-corrected chi connectivity index (χ4v) is 4.03. The minimum atomic E-state index is -0.294. The molecule has 1 unspecified atom stereocenters. The van der Waals surface area contributed by atoms with Gasteiger partial charge in [0.25, 0.3) is 0 Å². The van der Waals surface area contributed by atoms with Gasteiger partial charge in [0, 0.05) is 10.6 Å². The molecule has 2 aliphatic heterocycles. The van der Waals surface area contributed by atoms with Gasteiger partial charge in [-0.25, -0.2) is 4.39 Å². The van der Waals surface area contributed by atoms with E-state index in [0.29, 0.717) is 5.56 Å². The van der Waals surface area contributed by atoms with Crippen LogP contribution in [0.25, 0.3) is 0 Å². The third-order valence-corrected chi connectivity index (χ3v) is 5.39. The zero-order valence-corrected chi connectivity index (χ0v) is 14.6. The standard InChI is InChI=1S/C22H16ClFN2/c23-16-12-10-15(11-13-16)20-21-19(14-6-2-1-3-7-14)25-22(26(20)21)17-8-4-5-9-18(17)24/h1-13,20-22H/t20-,21-,22-,26?/m0/s1. The largest absolute Gasteiger partial charge is 0.263 e. The van der Waals surface area contributed by atoms with Crippen molar-refractivity contribution >= 4 is 17.3 Å². The number of benzene rings is 3. The van der Waals surface area contributed by atoms with Crippen LogP contribution in [0.15, 0.2) is 83.9 Å². The molecule has 0 N–H and O–H groups in total. The average Bonchev–Trinajstić information content (AvgIpc) is 3.28. The minimum Gasteiger partial charge on any atom is -0.263 e. The highest BCUT2D eigenvalue weighted by Gasteiger charge is 2.59. The van der Waals surface area contributed by atoms with E-state index in [1.165, 1.54) is 11.6 Å². The summed E-state index contributed by atoms with van der Waals surface area (Å²) in [6.07, 6.45) is -0.294. The van der Waals surface area contributed by atoms with Gasteiger partial charge in [-0.15, -0.1) is 0 Å². The van der Waals surface area contributed by atoms with Gasteiger partial charge >= 0.3 is 0 Å². The van der Waals surface area contributed by atoms with Crippen molar-refractivity contribution in [2.45, 2.75) is 18.2 Å². The van der Waals surface area contributed by atoms with Crippen molar-refractivity contribution in [2.75, 3.05) is 0 Å². The summed E-state index contributed by atoms with van der Waals surface area (Å²) >= 11 is 6.04. The Morgan fingerprint density at radius 1 is 0.808 bits per heavy atom. The Kier molecular flexibility index (Phi) is 3.66. The normalized spacial score (nSPS) is 26.3. The molecule has 0 spiro atoms. The molecule has 2 aliphatic rings. The lowest BCUT2D eigenvalue weighted by Crippen LogP contribution is -2.09. The first-order valence-corrected chi connectivity index (χ1v) is 9.02. The fraction of sp³-hybridized carbons (Fsp3) is 0.136. The number of hydrogen-bond donors (Lipinski definition) is 0. The summed E-state index contributed by atoms with van der Waals surface area (Å²) in [7, 11) is 0. The summed E-state index contributed by atoms with van der Waals surface area (Å²) in [5, 5.41) is 0.720. The third-order valence-electron chi connectivity index (χ3n) is 5.14. The number of rotatable bonds is 3. The molecule has 1 fully saturated rings. The molecule has 0 aromatic heterocycles. The predicted molar refractivity (Wildman–Crippen MR) is 102 cm³/mol. The van der Waals surface area contributed by atoms with Crippen LogP contribution in [0.1, 0.15) is 28.9 Å². The lowest BCUT2D eigenvalue weighted by molar-refractivity contribution is 0.390. The molecule has 0 aliphatic carbocycles. The maximum absolute atomic E-state index is 14.4. The van der Waals surface area contributed by atoms with Crippen molar-refractivity contribution in [3.05, 3.63) is 106 Å². The van der Waals surface area contributed by atoms with E-state index >= 15 is 0 Å². The molecule has 4 heteroatoms. The van der Waals surface area contributed by atoms with Crippen molar-refractivity contribution in [1.29, 1.82) is 0 Å². The lowest BCUT2D eigenvalue weighted by Gasteiger charge is -2.15. The van der Waals surface area contributed by atoms with Gasteiger partial charge in [0.15, 0.2) is 0 Å². The van der Waals surface area contributed by atoms with E-state index < -0.39 is 0 Å². The second kappa shape index (κ2) is 6.04. The van der Waals surface area contributed by atoms with E-state index in [1.54, 1.807) is 6.07 Å². The Balaban J connectivity index is 1.58. The SMILES string of the molecule is Fc1ccccc1[C@H]1N=C(c2ccccc2)[C@H]2[C@H](c3ccc(Cl)cc3)N12. The molecule has 0 radical (unpaired) electrons. The van der Waals surface area contributed by atoms with Gasteiger partial charge in [0.2, 0.25) is 0 Å². The number of fused-ring (bicyclic) bond motifs is 1. The van der Waals surface area contributed by atoms with Gasteiger partial charge in [0.05, 0.1) is 17.8 Å². The van der Waals surface area contributed by atoms with E-state index in [9.17, 15) is 4.39 Å². The predicted octanol–water partition coefficient (Wildman–Crippen LogP) is 5.41. The molecule has 5 rings (SSSR count). The molecule has 0 bridgehead atoms. The molecule has 4 atom stereocenters. The highest BCUT2D eigenvalue weighted by molar-refractivity contribution is 6.30. The Hall–Kier alpha value is -2.49. The van der Waals surface area contributed by atoms with Crippen LogP contribution < -0.4 is 0 Å². The molecule has 1 saturated heterocycles. The van der Waals surface area contributed by atoms with Gasteiger partial charge in [-0.05, 0) is 29.3 Å². The summed E-state index contributed by atoms with van der Waals surface area (Å²) in [5.74, 6) is -0.212. The summed E-state index contributed by atoms with van der Waals surface area (Å²) in [6, 6.07) is 25.3. The molecule has 0 amide bonds. The van der Waals surface area contributed by atoms with E-state index in [4.69, 9.17) is 16.6 Å². The second-order valence-corrected chi connectivity index (χ2v) is 7.10. The molecule has 2 nitrogen and oxygen atoms in total. The Bertz CT molecular complexity index is 985. The first kappa shape index (κ1) is 15.7. The quantitative estimate of drug-likeness (QED) is 0.569. The van der Waals surface area contributed by atoms with Crippen molar-refractivity contribution in [1.82, 2.24) is 4.90 Å². The van der Waals surface area contributed by atoms with Crippen LogP contribution in [0, 0.1) is 5.82 Å². The van der Waals surface area contributed by atoms with Gasteiger partial charge < -0.3 is 0 Å². The minimum absolute atomic E-state index is 0.170. The molecule has 3 aromatic carbocycles. The van der Waals surface area contributed by atoms with Crippen LogP contribution in [0.3, 0.4) is 0 Å². The van der Waals surface area contributed by atoms with E-state index in [1.807, 2.05) is 54.6 Å². The molecule has 3 aromatic rings. The Labute approximate surface area is 156 Å². The highest BCUT2D eigenvalue weighted by Crippen LogP contribution is 2.56. The third kappa shape index (κ3) is 2.47. The molecule has 0 saturated carbocycles. The van der Waals surface area contributed by atoms with Crippen molar-refractivity contribution in [3.63, 3.8) is 0 Å². The molecule has 128 valence electrons. The van der Waals surface area contributed by atoms with Crippen LogP contribution in [0.4, 0.5) is 4.39 Å². The fourth-order valence-electron chi connectivity index (χ4n) is 3.90. The average molecular weight is 363 g/mol. The Morgan fingerprint density at radius 3 is 2.23 bits per heavy atom. The topological polar surface area (TPSA) is 15.4 Å². The van der Waals surface area contributed by atoms with E-state index in [-0.39, 0.29) is 24.1 Å². The number of nitrogens with zero attached hydrogens (tertiary/aromatic N) is 2. The van der Waals surface area contributed by atoms with Crippen LogP contribution in [-0.4, -0.2) is 16.7 Å². The van der Waals surface area contributed by atoms with Crippen LogP contribution >= 0.6 is 11.6 Å². The van der Waals surface area contributed by atoms with Gasteiger partial charge in [-0.1, -0.05) is 72.3 Å². The van der Waals surface area contributed by atoms with Crippen LogP contribution in [0.5, 0.6) is 0 Å². The summed E-state index contributed by atoms with van der Waals surface area (Å²) in [5.41, 5.74) is 3.93. The van der Waals surface area contributed by atoms with E-state index in [0.717, 1.165) is 16.3 Å². The summed E-state index contributed by atoms with van der Waals surface area (Å²) in [6.45, 7) is 0.